The van der Waals surface area contributed by atoms with E-state index in [0.29, 0.717) is 11.3 Å². The maximum atomic E-state index is 12.1. The van der Waals surface area contributed by atoms with Crippen LogP contribution in [0.2, 0.25) is 0 Å². The monoisotopic (exact) mass is 401 g/mol. The number of ether oxygens (including phenoxy) is 2. The van der Waals surface area contributed by atoms with Gasteiger partial charge in [-0.3, -0.25) is 4.18 Å². The minimum absolute atomic E-state index is 0.0257. The number of nitriles is 1. The van der Waals surface area contributed by atoms with Gasteiger partial charge in [0.25, 0.3) is 10.1 Å². The normalized spacial score (nSPS) is 10.7. The quantitative estimate of drug-likeness (QED) is 0.261. The predicted molar refractivity (Wildman–Crippen MR) is 101 cm³/mol. The molecule has 8 heteroatoms. The molecule has 0 aliphatic carbocycles. The first kappa shape index (κ1) is 21.2. The molecule has 0 amide bonds. The van der Waals surface area contributed by atoms with E-state index < -0.39 is 16.1 Å². The number of carbonyl (C=O) groups excluding carboxylic acids is 1. The van der Waals surface area contributed by atoms with Crippen LogP contribution in [-0.2, 0) is 30.4 Å². The van der Waals surface area contributed by atoms with Crippen molar-refractivity contribution < 1.29 is 26.9 Å². The number of hydrogen-bond donors (Lipinski definition) is 0. The fourth-order valence-electron chi connectivity index (χ4n) is 2.07. The van der Waals surface area contributed by atoms with Crippen molar-refractivity contribution in [1.29, 1.82) is 5.26 Å². The molecule has 0 spiro atoms. The Morgan fingerprint density at radius 2 is 1.75 bits per heavy atom. The van der Waals surface area contributed by atoms with Crippen LogP contribution in [0.3, 0.4) is 0 Å². The average molecular weight is 401 g/mol. The lowest BCUT2D eigenvalue weighted by Gasteiger charge is -2.08. The van der Waals surface area contributed by atoms with Crippen LogP contribution >= 0.6 is 0 Å². The highest BCUT2D eigenvalue weighted by Crippen LogP contribution is 2.17. The standard InChI is InChI=1S/C20H19NO6S/c1-2-20(22)25-12-3-13-27-28(23,24)19-10-6-17(7-11-19)15-26-18-8-4-16(14-21)5-9-18/h2,4-11H,1,3,12-13,15H2. The molecular formula is C20H19NO6S. The molecule has 0 aliphatic rings. The van der Waals surface area contributed by atoms with Gasteiger partial charge < -0.3 is 9.47 Å². The molecule has 7 nitrogen and oxygen atoms in total. The lowest BCUT2D eigenvalue weighted by Crippen LogP contribution is -2.10. The van der Waals surface area contributed by atoms with Crippen molar-refractivity contribution in [3.63, 3.8) is 0 Å². The van der Waals surface area contributed by atoms with Gasteiger partial charge in [-0.2, -0.15) is 13.7 Å². The third-order valence-corrected chi connectivity index (χ3v) is 4.87. The van der Waals surface area contributed by atoms with Gasteiger partial charge in [0, 0.05) is 12.5 Å². The molecule has 0 fully saturated rings. The molecule has 146 valence electrons. The summed E-state index contributed by atoms with van der Waals surface area (Å²) in [6, 6.07) is 14.8. The van der Waals surface area contributed by atoms with E-state index in [1.165, 1.54) is 12.1 Å². The van der Waals surface area contributed by atoms with Gasteiger partial charge in [-0.1, -0.05) is 18.7 Å². The fraction of sp³-hybridized carbons (Fsp3) is 0.200. The highest BCUT2D eigenvalue weighted by Gasteiger charge is 2.15. The van der Waals surface area contributed by atoms with Crippen molar-refractivity contribution >= 4 is 16.1 Å². The van der Waals surface area contributed by atoms with E-state index in [9.17, 15) is 13.2 Å². The maximum Gasteiger partial charge on any atom is 0.330 e. The van der Waals surface area contributed by atoms with Crippen LogP contribution in [0.25, 0.3) is 0 Å². The molecule has 0 atom stereocenters. The molecule has 0 N–H and O–H groups in total. The van der Waals surface area contributed by atoms with Crippen LogP contribution in [-0.4, -0.2) is 27.6 Å². The number of nitrogens with zero attached hydrogens (tertiary/aromatic N) is 1. The second-order valence-corrected chi connectivity index (χ2v) is 7.19. The molecule has 0 radical (unpaired) electrons. The molecule has 0 aliphatic heterocycles. The van der Waals surface area contributed by atoms with E-state index in [4.69, 9.17) is 18.9 Å². The van der Waals surface area contributed by atoms with Gasteiger partial charge in [0.2, 0.25) is 0 Å². The van der Waals surface area contributed by atoms with E-state index in [2.05, 4.69) is 6.58 Å². The molecule has 0 aromatic heterocycles. The number of rotatable bonds is 10. The first-order valence-electron chi connectivity index (χ1n) is 8.35. The van der Waals surface area contributed by atoms with Gasteiger partial charge in [-0.05, 0) is 42.0 Å². The summed E-state index contributed by atoms with van der Waals surface area (Å²) in [6.45, 7) is 3.46. The summed E-state index contributed by atoms with van der Waals surface area (Å²) in [5, 5.41) is 8.77. The Kier molecular flexibility index (Phi) is 7.75. The Hall–Kier alpha value is -3.15. The number of esters is 1. The second-order valence-electron chi connectivity index (χ2n) is 5.57. The van der Waals surface area contributed by atoms with Crippen LogP contribution in [0.4, 0.5) is 0 Å². The predicted octanol–water partition coefficient (Wildman–Crippen LogP) is 2.96. The van der Waals surface area contributed by atoms with Crippen LogP contribution < -0.4 is 4.74 Å². The van der Waals surface area contributed by atoms with Crippen LogP contribution in [0.5, 0.6) is 5.75 Å². The Bertz CT molecular complexity index is 944. The minimum Gasteiger partial charge on any atom is -0.489 e. The van der Waals surface area contributed by atoms with Crippen molar-refractivity contribution in [3.8, 4) is 11.8 Å². The van der Waals surface area contributed by atoms with E-state index in [-0.39, 0.29) is 31.1 Å². The number of hydrogen-bond acceptors (Lipinski definition) is 7. The third-order valence-electron chi connectivity index (χ3n) is 3.54. The van der Waals surface area contributed by atoms with Gasteiger partial charge >= 0.3 is 5.97 Å². The molecule has 0 saturated heterocycles. The lowest BCUT2D eigenvalue weighted by molar-refractivity contribution is -0.137. The van der Waals surface area contributed by atoms with Gasteiger partial charge in [-0.15, -0.1) is 0 Å². The van der Waals surface area contributed by atoms with E-state index in [1.54, 1.807) is 36.4 Å². The van der Waals surface area contributed by atoms with Gasteiger partial charge in [0.05, 0.1) is 29.7 Å². The van der Waals surface area contributed by atoms with Gasteiger partial charge in [0.15, 0.2) is 0 Å². The summed E-state index contributed by atoms with van der Waals surface area (Å²) in [5.41, 5.74) is 1.32. The topological polar surface area (TPSA) is 103 Å². The van der Waals surface area contributed by atoms with E-state index in [0.717, 1.165) is 11.6 Å². The number of benzene rings is 2. The first-order valence-corrected chi connectivity index (χ1v) is 9.76. The zero-order valence-electron chi connectivity index (χ0n) is 15.0. The van der Waals surface area contributed by atoms with E-state index in [1.807, 2.05) is 6.07 Å². The first-order chi connectivity index (χ1) is 13.4. The van der Waals surface area contributed by atoms with E-state index >= 15 is 0 Å². The molecule has 2 aromatic rings. The zero-order chi connectivity index (χ0) is 20.4. The summed E-state index contributed by atoms with van der Waals surface area (Å²) in [4.78, 5) is 10.9. The summed E-state index contributed by atoms with van der Waals surface area (Å²) >= 11 is 0. The molecule has 2 rings (SSSR count). The van der Waals surface area contributed by atoms with Gasteiger partial charge in [0.1, 0.15) is 12.4 Å². The molecule has 28 heavy (non-hydrogen) atoms. The van der Waals surface area contributed by atoms with Crippen molar-refractivity contribution in [2.45, 2.75) is 17.9 Å². The lowest BCUT2D eigenvalue weighted by atomic mass is 10.2. The minimum atomic E-state index is -3.89. The Morgan fingerprint density at radius 1 is 1.07 bits per heavy atom. The zero-order valence-corrected chi connectivity index (χ0v) is 15.9. The van der Waals surface area contributed by atoms with Crippen LogP contribution in [0, 0.1) is 11.3 Å². The van der Waals surface area contributed by atoms with Crippen molar-refractivity contribution in [2.24, 2.45) is 0 Å². The highest BCUT2D eigenvalue weighted by molar-refractivity contribution is 7.86. The molecule has 0 bridgehead atoms. The largest absolute Gasteiger partial charge is 0.489 e. The smallest absolute Gasteiger partial charge is 0.330 e. The third kappa shape index (κ3) is 6.54. The summed E-state index contributed by atoms with van der Waals surface area (Å²) in [6.07, 6.45) is 1.28. The maximum absolute atomic E-state index is 12.1. The molecular weight excluding hydrogens is 382 g/mol. The Morgan fingerprint density at radius 3 is 2.36 bits per heavy atom. The Balaban J connectivity index is 1.83. The van der Waals surface area contributed by atoms with Crippen molar-refractivity contribution in [3.05, 3.63) is 72.3 Å². The highest BCUT2D eigenvalue weighted by atomic mass is 32.2. The average Bonchev–Trinajstić information content (AvgIpc) is 2.72. The fourth-order valence-corrected chi connectivity index (χ4v) is 3.01. The van der Waals surface area contributed by atoms with Crippen molar-refractivity contribution in [2.75, 3.05) is 13.2 Å². The van der Waals surface area contributed by atoms with Crippen LogP contribution in [0.15, 0.2) is 66.1 Å². The molecule has 0 heterocycles. The van der Waals surface area contributed by atoms with Crippen LogP contribution in [0.1, 0.15) is 17.5 Å². The van der Waals surface area contributed by atoms with Gasteiger partial charge in [-0.25, -0.2) is 4.79 Å². The summed E-state index contributed by atoms with van der Waals surface area (Å²) in [7, 11) is -3.89. The molecule has 2 aromatic carbocycles. The second kappa shape index (κ2) is 10.3. The molecule has 0 saturated carbocycles. The van der Waals surface area contributed by atoms with Crippen molar-refractivity contribution in [1.82, 2.24) is 0 Å². The SMILES string of the molecule is C=CC(=O)OCCCOS(=O)(=O)c1ccc(COc2ccc(C#N)cc2)cc1. The summed E-state index contributed by atoms with van der Waals surface area (Å²) in [5.74, 6) is 0.0397. The number of carbonyl (C=O) groups is 1. The molecule has 0 unspecified atom stereocenters. The summed E-state index contributed by atoms with van der Waals surface area (Å²) < 4.78 is 39.5. The Labute approximate surface area is 163 Å².